The predicted molar refractivity (Wildman–Crippen MR) is 71.9 cm³/mol. The van der Waals surface area contributed by atoms with Crippen LogP contribution in [0.5, 0.6) is 0 Å². The second-order valence-corrected chi connectivity index (χ2v) is 6.53. The smallest absolute Gasteiger partial charge is 0.0598 e. The Labute approximate surface area is 107 Å². The molecule has 1 aliphatic rings. The third-order valence-electron chi connectivity index (χ3n) is 3.70. The lowest BCUT2D eigenvalue weighted by Gasteiger charge is -2.40. The van der Waals surface area contributed by atoms with Crippen molar-refractivity contribution in [2.75, 3.05) is 20.3 Å². The lowest BCUT2D eigenvalue weighted by atomic mass is 9.70. The maximum atomic E-state index is 5.96. The van der Waals surface area contributed by atoms with Crippen molar-refractivity contribution in [3.8, 4) is 0 Å². The first-order valence-corrected chi connectivity index (χ1v) is 6.86. The van der Waals surface area contributed by atoms with Crippen LogP contribution in [0.1, 0.15) is 52.9 Å². The summed E-state index contributed by atoms with van der Waals surface area (Å²) >= 11 is 0. The van der Waals surface area contributed by atoms with Crippen molar-refractivity contribution >= 4 is 0 Å². The number of hydrogen-bond acceptors (Lipinski definition) is 2. The van der Waals surface area contributed by atoms with Crippen molar-refractivity contribution in [2.45, 2.75) is 58.5 Å². The Morgan fingerprint density at radius 2 is 1.65 bits per heavy atom. The molecule has 0 bridgehead atoms. The molecule has 1 aliphatic carbocycles. The van der Waals surface area contributed by atoms with Crippen LogP contribution in [0.25, 0.3) is 0 Å². The van der Waals surface area contributed by atoms with Gasteiger partial charge in [-0.2, -0.15) is 0 Å². The zero-order chi connectivity index (χ0) is 12.9. The van der Waals surface area contributed by atoms with E-state index in [-0.39, 0.29) is 11.0 Å². The van der Waals surface area contributed by atoms with E-state index >= 15 is 0 Å². The molecule has 0 aromatic rings. The first-order chi connectivity index (χ1) is 7.87. The molecule has 1 fully saturated rings. The van der Waals surface area contributed by atoms with Crippen LogP contribution < -0.4 is 0 Å². The van der Waals surface area contributed by atoms with Crippen molar-refractivity contribution in [1.29, 1.82) is 0 Å². The van der Waals surface area contributed by atoms with Crippen LogP contribution in [0.2, 0.25) is 0 Å². The second kappa shape index (κ2) is 6.19. The summed E-state index contributed by atoms with van der Waals surface area (Å²) in [6.45, 7) is 12.1. The van der Waals surface area contributed by atoms with Gasteiger partial charge in [0.05, 0.1) is 18.8 Å². The highest BCUT2D eigenvalue weighted by atomic mass is 16.5. The van der Waals surface area contributed by atoms with Crippen molar-refractivity contribution in [3.05, 3.63) is 6.92 Å². The maximum absolute atomic E-state index is 5.96. The molecule has 1 rings (SSSR count). The number of hydrogen-bond donors (Lipinski definition) is 0. The monoisotopic (exact) mass is 241 g/mol. The van der Waals surface area contributed by atoms with Gasteiger partial charge >= 0.3 is 0 Å². The standard InChI is InChI=1S/C15H29O2/c1-14(2,3)17-12-15(4,11-16-5)13-9-7-6-8-10-13/h13H,4,6-12H2,1-3,5H3. The van der Waals surface area contributed by atoms with Crippen molar-refractivity contribution in [1.82, 2.24) is 0 Å². The lowest BCUT2D eigenvalue weighted by Crippen LogP contribution is -2.40. The molecule has 1 unspecified atom stereocenters. The van der Waals surface area contributed by atoms with Gasteiger partial charge in [0, 0.05) is 12.5 Å². The highest BCUT2D eigenvalue weighted by Gasteiger charge is 2.36. The fraction of sp³-hybridized carbons (Fsp3) is 0.933. The van der Waals surface area contributed by atoms with Gasteiger partial charge in [0.1, 0.15) is 0 Å². The minimum atomic E-state index is -0.0919. The molecule has 0 heterocycles. The fourth-order valence-corrected chi connectivity index (χ4v) is 2.64. The second-order valence-electron chi connectivity index (χ2n) is 6.53. The topological polar surface area (TPSA) is 18.5 Å². The van der Waals surface area contributed by atoms with E-state index in [0.29, 0.717) is 19.1 Å². The summed E-state index contributed by atoms with van der Waals surface area (Å²) in [7, 11) is 1.76. The van der Waals surface area contributed by atoms with Gasteiger partial charge in [-0.15, -0.1) is 0 Å². The zero-order valence-corrected chi connectivity index (χ0v) is 12.1. The SMILES string of the molecule is [CH2]C(COC)(COC(C)(C)C)C1CCCCC1. The van der Waals surface area contributed by atoms with E-state index in [4.69, 9.17) is 9.47 Å². The number of rotatable bonds is 5. The van der Waals surface area contributed by atoms with Crippen LogP contribution in [0.4, 0.5) is 0 Å². The van der Waals surface area contributed by atoms with Gasteiger partial charge in [0.25, 0.3) is 0 Å². The quantitative estimate of drug-likeness (QED) is 0.728. The van der Waals surface area contributed by atoms with Crippen LogP contribution in [0.15, 0.2) is 0 Å². The number of ether oxygens (including phenoxy) is 2. The summed E-state index contributed by atoms with van der Waals surface area (Å²) in [5.41, 5.74) is -0.159. The Bertz CT molecular complexity index is 213. The molecule has 0 spiro atoms. The van der Waals surface area contributed by atoms with E-state index in [0.717, 1.165) is 0 Å². The average molecular weight is 241 g/mol. The molecular formula is C15H29O2. The fourth-order valence-electron chi connectivity index (χ4n) is 2.64. The van der Waals surface area contributed by atoms with E-state index in [1.54, 1.807) is 7.11 Å². The summed E-state index contributed by atoms with van der Waals surface area (Å²) in [5.74, 6) is 0.651. The van der Waals surface area contributed by atoms with Gasteiger partial charge in [0.2, 0.25) is 0 Å². The molecule has 0 N–H and O–H groups in total. The molecule has 17 heavy (non-hydrogen) atoms. The largest absolute Gasteiger partial charge is 0.384 e. The third kappa shape index (κ3) is 4.97. The van der Waals surface area contributed by atoms with Crippen molar-refractivity contribution in [2.24, 2.45) is 11.3 Å². The summed E-state index contributed by atoms with van der Waals surface area (Å²) in [6.07, 6.45) is 6.60. The minimum Gasteiger partial charge on any atom is -0.384 e. The van der Waals surface area contributed by atoms with Crippen LogP contribution in [-0.4, -0.2) is 25.9 Å². The number of methoxy groups -OCH3 is 1. The highest BCUT2D eigenvalue weighted by Crippen LogP contribution is 2.39. The molecule has 0 aliphatic heterocycles. The van der Waals surface area contributed by atoms with Gasteiger partial charge in [-0.05, 0) is 46.5 Å². The molecule has 0 amide bonds. The Morgan fingerprint density at radius 1 is 1.06 bits per heavy atom. The summed E-state index contributed by atoms with van der Waals surface area (Å²) in [4.78, 5) is 0. The summed E-state index contributed by atoms with van der Waals surface area (Å²) in [6, 6.07) is 0. The molecule has 101 valence electrons. The van der Waals surface area contributed by atoms with Crippen LogP contribution in [-0.2, 0) is 9.47 Å². The van der Waals surface area contributed by atoms with Crippen LogP contribution in [0, 0.1) is 18.3 Å². The molecule has 0 aromatic carbocycles. The minimum absolute atomic E-state index is 0.0670. The summed E-state index contributed by atoms with van der Waals surface area (Å²) < 4.78 is 11.3. The van der Waals surface area contributed by atoms with E-state index in [9.17, 15) is 0 Å². The maximum Gasteiger partial charge on any atom is 0.0598 e. The zero-order valence-electron chi connectivity index (χ0n) is 12.1. The van der Waals surface area contributed by atoms with E-state index < -0.39 is 0 Å². The highest BCUT2D eigenvalue weighted by molar-refractivity contribution is 4.91. The van der Waals surface area contributed by atoms with Crippen LogP contribution in [0.3, 0.4) is 0 Å². The Hall–Kier alpha value is -0.0800. The normalized spacial score (nSPS) is 22.4. The van der Waals surface area contributed by atoms with Gasteiger partial charge < -0.3 is 9.47 Å². The van der Waals surface area contributed by atoms with E-state index in [2.05, 4.69) is 27.7 Å². The first-order valence-electron chi connectivity index (χ1n) is 6.86. The molecule has 2 heteroatoms. The first kappa shape index (κ1) is 15.0. The molecular weight excluding hydrogens is 212 g/mol. The molecule has 2 nitrogen and oxygen atoms in total. The Morgan fingerprint density at radius 3 is 2.12 bits per heavy atom. The molecule has 1 saturated carbocycles. The van der Waals surface area contributed by atoms with Crippen molar-refractivity contribution in [3.63, 3.8) is 0 Å². The Kier molecular flexibility index (Phi) is 5.46. The lowest BCUT2D eigenvalue weighted by molar-refractivity contribution is -0.0819. The Balaban J connectivity index is 2.59. The third-order valence-corrected chi connectivity index (χ3v) is 3.70. The molecule has 0 saturated heterocycles. The molecule has 1 radical (unpaired) electrons. The predicted octanol–water partition coefficient (Wildman–Crippen LogP) is 3.85. The van der Waals surface area contributed by atoms with Gasteiger partial charge in [-0.3, -0.25) is 0 Å². The van der Waals surface area contributed by atoms with E-state index in [1.807, 2.05) is 0 Å². The molecule has 0 aromatic heterocycles. The van der Waals surface area contributed by atoms with Gasteiger partial charge in [0.15, 0.2) is 0 Å². The van der Waals surface area contributed by atoms with Gasteiger partial charge in [-0.25, -0.2) is 0 Å². The van der Waals surface area contributed by atoms with Crippen molar-refractivity contribution < 1.29 is 9.47 Å². The van der Waals surface area contributed by atoms with Crippen LogP contribution >= 0.6 is 0 Å². The summed E-state index contributed by atoms with van der Waals surface area (Å²) in [5, 5.41) is 0. The average Bonchev–Trinajstić information content (AvgIpc) is 2.27. The van der Waals surface area contributed by atoms with Gasteiger partial charge in [-0.1, -0.05) is 19.3 Å². The molecule has 1 atom stereocenters. The van der Waals surface area contributed by atoms with E-state index in [1.165, 1.54) is 32.1 Å².